The molecule has 5 heteroatoms. The molecule has 1 heterocycles. The highest BCUT2D eigenvalue weighted by Gasteiger charge is 2.35. The van der Waals surface area contributed by atoms with Gasteiger partial charge in [0.05, 0.1) is 17.6 Å². The van der Waals surface area contributed by atoms with Crippen LogP contribution in [0.3, 0.4) is 0 Å². The van der Waals surface area contributed by atoms with Gasteiger partial charge in [-0.25, -0.2) is 0 Å². The molecule has 1 aliphatic rings. The molecule has 0 spiro atoms. The van der Waals surface area contributed by atoms with Crippen LogP contribution in [0.2, 0.25) is 0 Å². The normalized spacial score (nSPS) is 24.4. The van der Waals surface area contributed by atoms with Crippen molar-refractivity contribution in [2.24, 2.45) is 0 Å². The van der Waals surface area contributed by atoms with Crippen molar-refractivity contribution in [1.29, 1.82) is 0 Å². The van der Waals surface area contributed by atoms with Gasteiger partial charge in [-0.3, -0.25) is 4.18 Å². The van der Waals surface area contributed by atoms with Crippen molar-refractivity contribution in [2.75, 3.05) is 6.61 Å². The summed E-state index contributed by atoms with van der Waals surface area (Å²) in [5.74, 6) is 0. The summed E-state index contributed by atoms with van der Waals surface area (Å²) in [5, 5.41) is 0. The largest absolute Gasteiger partial charge is 0.367 e. The maximum atomic E-state index is 11.7. The Morgan fingerprint density at radius 1 is 1.31 bits per heavy atom. The van der Waals surface area contributed by atoms with Gasteiger partial charge in [-0.05, 0) is 26.0 Å². The van der Waals surface area contributed by atoms with Gasteiger partial charge >= 0.3 is 0 Å². The molecule has 88 valence electrons. The number of benzene rings is 1. The highest BCUT2D eigenvalue weighted by atomic mass is 32.2. The first-order valence-electron chi connectivity index (χ1n) is 5.10. The average molecular weight is 242 g/mol. The Labute approximate surface area is 95.3 Å². The minimum Gasteiger partial charge on any atom is -0.367 e. The molecule has 16 heavy (non-hydrogen) atoms. The first-order valence-corrected chi connectivity index (χ1v) is 6.51. The van der Waals surface area contributed by atoms with Crippen LogP contribution in [0.15, 0.2) is 29.2 Å². The van der Waals surface area contributed by atoms with Gasteiger partial charge in [-0.2, -0.15) is 8.42 Å². The molecule has 1 aliphatic heterocycles. The van der Waals surface area contributed by atoms with Gasteiger partial charge in [0.15, 0.2) is 0 Å². The molecular weight excluding hydrogens is 228 g/mol. The van der Waals surface area contributed by atoms with Crippen LogP contribution in [-0.4, -0.2) is 27.2 Å². The minimum absolute atomic E-state index is 0.0831. The lowest BCUT2D eigenvalue weighted by atomic mass is 10.2. The fourth-order valence-corrected chi connectivity index (χ4v) is 2.25. The molecule has 4 nitrogen and oxygen atoms in total. The van der Waals surface area contributed by atoms with Gasteiger partial charge < -0.3 is 4.74 Å². The predicted molar refractivity (Wildman–Crippen MR) is 58.7 cm³/mol. The predicted octanol–water partition coefficient (Wildman–Crippen LogP) is 1.49. The van der Waals surface area contributed by atoms with E-state index in [1.54, 1.807) is 24.3 Å². The van der Waals surface area contributed by atoms with Crippen LogP contribution in [0.4, 0.5) is 0 Å². The van der Waals surface area contributed by atoms with Crippen LogP contribution in [0.25, 0.3) is 0 Å². The summed E-state index contributed by atoms with van der Waals surface area (Å²) < 4.78 is 33.4. The van der Waals surface area contributed by atoms with Crippen LogP contribution in [0.1, 0.15) is 12.5 Å². The van der Waals surface area contributed by atoms with Crippen molar-refractivity contribution in [1.82, 2.24) is 0 Å². The molecule has 1 unspecified atom stereocenters. The third kappa shape index (κ3) is 2.61. The third-order valence-corrected chi connectivity index (χ3v) is 3.83. The van der Waals surface area contributed by atoms with E-state index in [-0.39, 0.29) is 23.7 Å². The molecule has 1 saturated heterocycles. The molecule has 0 aliphatic carbocycles. The minimum atomic E-state index is -3.64. The van der Waals surface area contributed by atoms with E-state index < -0.39 is 10.1 Å². The Morgan fingerprint density at radius 3 is 2.38 bits per heavy atom. The number of hydrogen-bond acceptors (Lipinski definition) is 4. The molecule has 0 radical (unpaired) electrons. The lowest BCUT2D eigenvalue weighted by Gasteiger charge is -2.04. The van der Waals surface area contributed by atoms with Crippen LogP contribution >= 0.6 is 0 Å². The van der Waals surface area contributed by atoms with Crippen LogP contribution < -0.4 is 0 Å². The molecular formula is C11H14O4S. The van der Waals surface area contributed by atoms with Gasteiger partial charge in [0, 0.05) is 0 Å². The second-order valence-electron chi connectivity index (χ2n) is 3.93. The van der Waals surface area contributed by atoms with Crippen molar-refractivity contribution in [2.45, 2.75) is 31.0 Å². The molecule has 1 aromatic rings. The zero-order chi connectivity index (χ0) is 11.8. The van der Waals surface area contributed by atoms with E-state index in [0.29, 0.717) is 0 Å². The smallest absolute Gasteiger partial charge is 0.297 e. The van der Waals surface area contributed by atoms with Crippen molar-refractivity contribution < 1.29 is 17.3 Å². The maximum Gasteiger partial charge on any atom is 0.297 e. The van der Waals surface area contributed by atoms with Gasteiger partial charge in [-0.15, -0.1) is 0 Å². The number of aryl methyl sites for hydroxylation is 1. The van der Waals surface area contributed by atoms with E-state index in [1.807, 2.05) is 13.8 Å². The zero-order valence-corrected chi connectivity index (χ0v) is 10.0. The number of ether oxygens (including phenoxy) is 1. The average Bonchev–Trinajstić information content (AvgIpc) is 2.93. The highest BCUT2D eigenvalue weighted by molar-refractivity contribution is 7.86. The van der Waals surface area contributed by atoms with Gasteiger partial charge in [0.25, 0.3) is 10.1 Å². The van der Waals surface area contributed by atoms with E-state index in [0.717, 1.165) is 5.56 Å². The van der Waals surface area contributed by atoms with E-state index >= 15 is 0 Å². The van der Waals surface area contributed by atoms with E-state index in [1.165, 1.54) is 0 Å². The Morgan fingerprint density at radius 2 is 1.88 bits per heavy atom. The van der Waals surface area contributed by atoms with Crippen LogP contribution in [0.5, 0.6) is 0 Å². The standard InChI is InChI=1S/C11H14O4S/c1-8-3-5-10(6-4-8)16(12,13)14-7-11-9(2)15-11/h3-6,9,11H,7H2,1-2H3/t9-,11?/m1/s1. The first kappa shape index (κ1) is 11.6. The van der Waals surface area contributed by atoms with Crippen LogP contribution in [0, 0.1) is 6.92 Å². The maximum absolute atomic E-state index is 11.7. The van der Waals surface area contributed by atoms with Crippen molar-refractivity contribution in [3.63, 3.8) is 0 Å². The summed E-state index contributed by atoms with van der Waals surface area (Å²) in [4.78, 5) is 0.186. The second kappa shape index (κ2) is 4.16. The summed E-state index contributed by atoms with van der Waals surface area (Å²) in [6, 6.07) is 6.57. The Kier molecular flexibility index (Phi) is 3.01. The lowest BCUT2D eigenvalue weighted by molar-refractivity contribution is 0.264. The molecule has 1 fully saturated rings. The monoisotopic (exact) mass is 242 g/mol. The van der Waals surface area contributed by atoms with E-state index in [4.69, 9.17) is 8.92 Å². The third-order valence-electron chi connectivity index (χ3n) is 2.53. The van der Waals surface area contributed by atoms with Crippen molar-refractivity contribution >= 4 is 10.1 Å². The first-order chi connectivity index (χ1) is 7.49. The summed E-state index contributed by atoms with van der Waals surface area (Å²) in [6.07, 6.45) is 0.0217. The molecule has 0 amide bonds. The molecule has 0 bridgehead atoms. The zero-order valence-electron chi connectivity index (χ0n) is 9.21. The fraction of sp³-hybridized carbons (Fsp3) is 0.455. The SMILES string of the molecule is Cc1ccc(S(=O)(=O)OCC2O[C@@H]2C)cc1. The Bertz CT molecular complexity index is 463. The molecule has 2 rings (SSSR count). The quantitative estimate of drug-likeness (QED) is 0.593. The Balaban J connectivity index is 2.03. The van der Waals surface area contributed by atoms with Gasteiger partial charge in [-0.1, -0.05) is 17.7 Å². The molecule has 0 aromatic heterocycles. The topological polar surface area (TPSA) is 55.9 Å². The fourth-order valence-electron chi connectivity index (χ4n) is 1.33. The number of hydrogen-bond donors (Lipinski definition) is 0. The van der Waals surface area contributed by atoms with E-state index in [9.17, 15) is 8.42 Å². The van der Waals surface area contributed by atoms with Crippen LogP contribution in [-0.2, 0) is 19.0 Å². The van der Waals surface area contributed by atoms with Crippen molar-refractivity contribution in [3.8, 4) is 0 Å². The summed E-state index contributed by atoms with van der Waals surface area (Å²) >= 11 is 0. The number of rotatable bonds is 4. The molecule has 1 aromatic carbocycles. The molecule has 0 N–H and O–H groups in total. The van der Waals surface area contributed by atoms with E-state index in [2.05, 4.69) is 0 Å². The second-order valence-corrected chi connectivity index (χ2v) is 5.55. The summed E-state index contributed by atoms with van der Waals surface area (Å²) in [6.45, 7) is 3.88. The Hall–Kier alpha value is -0.910. The van der Waals surface area contributed by atoms with Gasteiger partial charge in [0.1, 0.15) is 6.10 Å². The highest BCUT2D eigenvalue weighted by Crippen LogP contribution is 2.23. The van der Waals surface area contributed by atoms with Crippen molar-refractivity contribution in [3.05, 3.63) is 29.8 Å². The summed E-state index contributed by atoms with van der Waals surface area (Å²) in [5.41, 5.74) is 1.01. The molecule has 2 atom stereocenters. The lowest BCUT2D eigenvalue weighted by Crippen LogP contribution is -2.11. The summed E-state index contributed by atoms with van der Waals surface area (Å²) in [7, 11) is -3.64. The van der Waals surface area contributed by atoms with Gasteiger partial charge in [0.2, 0.25) is 0 Å². The number of epoxide rings is 1. The molecule has 0 saturated carbocycles.